The predicted octanol–water partition coefficient (Wildman–Crippen LogP) is 2.45. The van der Waals surface area contributed by atoms with E-state index in [1.807, 2.05) is 0 Å². The number of benzene rings is 1. The first-order chi connectivity index (χ1) is 5.36. The quantitative estimate of drug-likeness (QED) is 0.706. The molecule has 0 saturated carbocycles. The molecule has 1 aliphatic rings. The van der Waals surface area contributed by atoms with E-state index in [1.165, 1.54) is 24.1 Å². The van der Waals surface area contributed by atoms with E-state index in [0.717, 1.165) is 0 Å². The maximum atomic E-state index is 3.39. The largest absolute Gasteiger partial charge is 0.310 e. The molecule has 0 aliphatic carbocycles. The summed E-state index contributed by atoms with van der Waals surface area (Å²) < 4.78 is 0. The van der Waals surface area contributed by atoms with Crippen molar-refractivity contribution in [2.24, 2.45) is 0 Å². The molecule has 2 rings (SSSR count). The van der Waals surface area contributed by atoms with Crippen LogP contribution in [-0.2, 0) is 0 Å². The van der Waals surface area contributed by atoms with Gasteiger partial charge in [0.05, 0.1) is 0 Å². The van der Waals surface area contributed by atoms with Crippen LogP contribution in [0.3, 0.4) is 0 Å². The summed E-state index contributed by atoms with van der Waals surface area (Å²) in [6, 6.07) is 9.36. The summed E-state index contributed by atoms with van der Waals surface area (Å²) in [6.07, 6.45) is 1.30. The Hall–Kier alpha value is -0.530. The highest BCUT2D eigenvalue weighted by Gasteiger charge is 2.17. The van der Waals surface area contributed by atoms with E-state index in [9.17, 15) is 0 Å². The second-order valence-corrected chi connectivity index (χ2v) is 3.21. The summed E-state index contributed by atoms with van der Waals surface area (Å²) in [4.78, 5) is 0. The van der Waals surface area contributed by atoms with Crippen molar-refractivity contribution in [3.05, 3.63) is 35.4 Å². The Morgan fingerprint density at radius 1 is 1.42 bits per heavy atom. The van der Waals surface area contributed by atoms with Crippen LogP contribution in [0.5, 0.6) is 0 Å². The second-order valence-electron chi connectivity index (χ2n) is 3.21. The number of nitrogens with one attached hydrogen (secondary N) is 1. The van der Waals surface area contributed by atoms with Gasteiger partial charge in [-0.3, -0.25) is 0 Å². The van der Waals surface area contributed by atoms with Gasteiger partial charge in [-0.2, -0.15) is 0 Å². The third-order valence-electron chi connectivity index (χ3n) is 2.27. The molecule has 1 atom stereocenters. The van der Waals surface area contributed by atoms with Crippen LogP contribution in [0.25, 0.3) is 0 Å². The molecule has 1 nitrogen and oxygen atoms in total. The van der Waals surface area contributed by atoms with Crippen molar-refractivity contribution in [3.63, 3.8) is 0 Å². The summed E-state index contributed by atoms with van der Waals surface area (Å²) in [7, 11) is 0. The second kappa shape index (κ2) is 3.92. The van der Waals surface area contributed by atoms with Gasteiger partial charge >= 0.3 is 0 Å². The van der Waals surface area contributed by atoms with Gasteiger partial charge in [0.15, 0.2) is 0 Å². The third kappa shape index (κ3) is 1.79. The maximum Gasteiger partial charge on any atom is 0.0332 e. The van der Waals surface area contributed by atoms with Crippen LogP contribution in [0.2, 0.25) is 0 Å². The average Bonchev–Trinajstić information content (AvgIpc) is 1.83. The van der Waals surface area contributed by atoms with E-state index in [2.05, 4.69) is 36.5 Å². The number of halogens is 1. The minimum atomic E-state index is 0. The van der Waals surface area contributed by atoms with E-state index >= 15 is 0 Å². The first-order valence-electron chi connectivity index (χ1n) is 4.16. The zero-order chi connectivity index (χ0) is 7.68. The Morgan fingerprint density at radius 2 is 2.17 bits per heavy atom. The topological polar surface area (TPSA) is 12.0 Å². The molecule has 0 unspecified atom stereocenters. The molecule has 1 aliphatic heterocycles. The van der Waals surface area contributed by atoms with Crippen LogP contribution in [0, 0.1) is 6.92 Å². The number of hydrogen-bond acceptors (Lipinski definition) is 1. The Balaban J connectivity index is 0.000000720. The van der Waals surface area contributed by atoms with Crippen molar-refractivity contribution in [3.8, 4) is 0 Å². The molecule has 1 aromatic rings. The van der Waals surface area contributed by atoms with Crippen LogP contribution in [0.4, 0.5) is 0 Å². The molecule has 1 heterocycles. The van der Waals surface area contributed by atoms with Crippen molar-refractivity contribution in [1.82, 2.24) is 5.32 Å². The highest BCUT2D eigenvalue weighted by Crippen LogP contribution is 2.22. The fourth-order valence-electron chi connectivity index (χ4n) is 1.46. The lowest BCUT2D eigenvalue weighted by Gasteiger charge is -2.28. The van der Waals surface area contributed by atoms with E-state index in [0.29, 0.717) is 6.04 Å². The molecule has 66 valence electrons. The molecule has 0 aromatic heterocycles. The van der Waals surface area contributed by atoms with Crippen LogP contribution in [-0.4, -0.2) is 6.54 Å². The SMILES string of the molecule is Cc1cccc([C@@H]2CCN2)c1.Cl. The Labute approximate surface area is 79.6 Å². The standard InChI is InChI=1S/C10H13N.ClH/c1-8-3-2-4-9(7-8)10-5-6-11-10;/h2-4,7,10-11H,5-6H2,1H3;1H/t10-;/m0./s1. The first kappa shape index (κ1) is 9.56. The van der Waals surface area contributed by atoms with E-state index in [1.54, 1.807) is 0 Å². The molecular weight excluding hydrogens is 170 g/mol. The third-order valence-corrected chi connectivity index (χ3v) is 2.27. The van der Waals surface area contributed by atoms with Crippen LogP contribution in [0.1, 0.15) is 23.6 Å². The highest BCUT2D eigenvalue weighted by atomic mass is 35.5. The van der Waals surface area contributed by atoms with E-state index in [4.69, 9.17) is 0 Å². The Kier molecular flexibility index (Phi) is 3.12. The van der Waals surface area contributed by atoms with Gasteiger partial charge in [0, 0.05) is 6.04 Å². The summed E-state index contributed by atoms with van der Waals surface area (Å²) in [6.45, 7) is 3.32. The molecule has 1 aromatic carbocycles. The van der Waals surface area contributed by atoms with Crippen molar-refractivity contribution in [2.75, 3.05) is 6.54 Å². The average molecular weight is 184 g/mol. The first-order valence-corrected chi connectivity index (χ1v) is 4.16. The van der Waals surface area contributed by atoms with Crippen molar-refractivity contribution >= 4 is 12.4 Å². The van der Waals surface area contributed by atoms with Gasteiger partial charge in [0.25, 0.3) is 0 Å². The van der Waals surface area contributed by atoms with E-state index < -0.39 is 0 Å². The molecule has 1 N–H and O–H groups in total. The zero-order valence-corrected chi connectivity index (χ0v) is 8.03. The molecule has 12 heavy (non-hydrogen) atoms. The Morgan fingerprint density at radius 3 is 2.67 bits per heavy atom. The van der Waals surface area contributed by atoms with Gasteiger partial charge in [-0.25, -0.2) is 0 Å². The fraction of sp³-hybridized carbons (Fsp3) is 0.400. The Bertz CT molecular complexity index is 256. The number of rotatable bonds is 1. The van der Waals surface area contributed by atoms with Crippen molar-refractivity contribution in [2.45, 2.75) is 19.4 Å². The summed E-state index contributed by atoms with van der Waals surface area (Å²) in [5.74, 6) is 0. The van der Waals surface area contributed by atoms with Crippen LogP contribution < -0.4 is 5.32 Å². The fourth-order valence-corrected chi connectivity index (χ4v) is 1.46. The van der Waals surface area contributed by atoms with Gasteiger partial charge in [0.2, 0.25) is 0 Å². The molecule has 1 fully saturated rings. The molecule has 1 saturated heterocycles. The van der Waals surface area contributed by atoms with Gasteiger partial charge in [-0.1, -0.05) is 29.8 Å². The normalized spacial score (nSPS) is 20.9. The molecule has 0 radical (unpaired) electrons. The summed E-state index contributed by atoms with van der Waals surface area (Å²) in [5, 5.41) is 3.39. The number of aryl methyl sites for hydroxylation is 1. The lowest BCUT2D eigenvalue weighted by molar-refractivity contribution is 0.383. The van der Waals surface area contributed by atoms with E-state index in [-0.39, 0.29) is 12.4 Å². The molecule has 0 amide bonds. The monoisotopic (exact) mass is 183 g/mol. The molecular formula is C10H14ClN. The summed E-state index contributed by atoms with van der Waals surface area (Å²) >= 11 is 0. The lowest BCUT2D eigenvalue weighted by atomic mass is 9.97. The van der Waals surface area contributed by atoms with Crippen molar-refractivity contribution < 1.29 is 0 Å². The molecule has 0 bridgehead atoms. The zero-order valence-electron chi connectivity index (χ0n) is 7.21. The molecule has 0 spiro atoms. The smallest absolute Gasteiger partial charge is 0.0332 e. The minimum absolute atomic E-state index is 0. The van der Waals surface area contributed by atoms with Crippen LogP contribution >= 0.6 is 12.4 Å². The summed E-state index contributed by atoms with van der Waals surface area (Å²) in [5.41, 5.74) is 2.80. The van der Waals surface area contributed by atoms with Crippen LogP contribution in [0.15, 0.2) is 24.3 Å². The van der Waals surface area contributed by atoms with Gasteiger partial charge < -0.3 is 5.32 Å². The van der Waals surface area contributed by atoms with Gasteiger partial charge in [-0.15, -0.1) is 12.4 Å². The van der Waals surface area contributed by atoms with Crippen molar-refractivity contribution in [1.29, 1.82) is 0 Å². The lowest BCUT2D eigenvalue weighted by Crippen LogP contribution is -2.34. The minimum Gasteiger partial charge on any atom is -0.310 e. The maximum absolute atomic E-state index is 3.39. The highest BCUT2D eigenvalue weighted by molar-refractivity contribution is 5.85. The molecule has 2 heteroatoms. The van der Waals surface area contributed by atoms with Gasteiger partial charge in [-0.05, 0) is 25.5 Å². The predicted molar refractivity (Wildman–Crippen MR) is 53.8 cm³/mol. The van der Waals surface area contributed by atoms with Gasteiger partial charge in [0.1, 0.15) is 0 Å². The number of hydrogen-bond donors (Lipinski definition) is 1.